The Balaban J connectivity index is 2.40. The highest BCUT2D eigenvalue weighted by Gasteiger charge is 2.39. The minimum Gasteiger partial charge on any atom is -0.394 e. The molecule has 1 saturated carbocycles. The molecule has 1 aliphatic rings. The number of rotatable bonds is 4. The lowest BCUT2D eigenvalue weighted by molar-refractivity contribution is -0.128. The summed E-state index contributed by atoms with van der Waals surface area (Å²) in [5.74, 6) is 0.0494. The summed E-state index contributed by atoms with van der Waals surface area (Å²) in [5, 5.41) is 20.4. The number of amides is 1. The van der Waals surface area contributed by atoms with Crippen LogP contribution in [0.3, 0.4) is 0 Å². The fourth-order valence-corrected chi connectivity index (χ4v) is 2.22. The standard InChI is InChI=1S/C11H21NO3/c1-11(2)5-3-4-9(11)10(15)12-6-8(14)7-13/h8-9,13-14H,3-7H2,1-2H3,(H,12,15). The van der Waals surface area contributed by atoms with Gasteiger partial charge in [0.2, 0.25) is 5.91 Å². The molecule has 1 rings (SSSR count). The molecule has 0 aromatic carbocycles. The van der Waals surface area contributed by atoms with E-state index in [0.717, 1.165) is 19.3 Å². The van der Waals surface area contributed by atoms with Crippen molar-refractivity contribution in [2.24, 2.45) is 11.3 Å². The molecule has 0 radical (unpaired) electrons. The van der Waals surface area contributed by atoms with E-state index < -0.39 is 6.10 Å². The maximum absolute atomic E-state index is 11.8. The van der Waals surface area contributed by atoms with Crippen molar-refractivity contribution in [2.45, 2.75) is 39.2 Å². The van der Waals surface area contributed by atoms with E-state index in [9.17, 15) is 4.79 Å². The van der Waals surface area contributed by atoms with Crippen LogP contribution < -0.4 is 5.32 Å². The van der Waals surface area contributed by atoms with E-state index in [2.05, 4.69) is 19.2 Å². The second-order valence-corrected chi connectivity index (χ2v) is 5.01. The fourth-order valence-electron chi connectivity index (χ4n) is 2.22. The van der Waals surface area contributed by atoms with Crippen molar-refractivity contribution in [3.63, 3.8) is 0 Å². The molecule has 0 aromatic heterocycles. The summed E-state index contributed by atoms with van der Waals surface area (Å²) in [5.41, 5.74) is 0.0637. The predicted molar refractivity (Wildman–Crippen MR) is 57.2 cm³/mol. The molecule has 0 spiro atoms. The molecule has 2 atom stereocenters. The molecule has 2 unspecified atom stereocenters. The third-order valence-corrected chi connectivity index (χ3v) is 3.30. The number of carbonyl (C=O) groups is 1. The van der Waals surface area contributed by atoms with Gasteiger partial charge < -0.3 is 15.5 Å². The van der Waals surface area contributed by atoms with Gasteiger partial charge in [-0.05, 0) is 18.3 Å². The lowest BCUT2D eigenvalue weighted by Crippen LogP contribution is -2.40. The van der Waals surface area contributed by atoms with Gasteiger partial charge in [0.1, 0.15) is 0 Å². The molecule has 1 aliphatic carbocycles. The number of carbonyl (C=O) groups excluding carboxylic acids is 1. The molecule has 1 fully saturated rings. The largest absolute Gasteiger partial charge is 0.394 e. The molecule has 4 heteroatoms. The molecule has 88 valence electrons. The zero-order valence-corrected chi connectivity index (χ0v) is 9.49. The van der Waals surface area contributed by atoms with Gasteiger partial charge in [-0.1, -0.05) is 20.3 Å². The first-order valence-corrected chi connectivity index (χ1v) is 5.54. The van der Waals surface area contributed by atoms with Gasteiger partial charge in [-0.15, -0.1) is 0 Å². The minimum absolute atomic E-state index is 0.00463. The lowest BCUT2D eigenvalue weighted by atomic mass is 9.81. The van der Waals surface area contributed by atoms with Gasteiger partial charge in [0.15, 0.2) is 0 Å². The van der Waals surface area contributed by atoms with E-state index in [4.69, 9.17) is 10.2 Å². The van der Waals surface area contributed by atoms with Crippen LogP contribution in [-0.4, -0.2) is 35.4 Å². The summed E-state index contributed by atoms with van der Waals surface area (Å²) >= 11 is 0. The lowest BCUT2D eigenvalue weighted by Gasteiger charge is -2.26. The van der Waals surface area contributed by atoms with Crippen LogP contribution in [0.15, 0.2) is 0 Å². The SMILES string of the molecule is CC1(C)CCCC1C(=O)NCC(O)CO. The average molecular weight is 215 g/mol. The summed E-state index contributed by atoms with van der Waals surface area (Å²) in [7, 11) is 0. The highest BCUT2D eigenvalue weighted by molar-refractivity contribution is 5.79. The molecule has 0 aromatic rings. The number of aliphatic hydroxyl groups is 2. The molecule has 0 saturated heterocycles. The van der Waals surface area contributed by atoms with E-state index in [1.165, 1.54) is 0 Å². The van der Waals surface area contributed by atoms with Crippen LogP contribution in [0.25, 0.3) is 0 Å². The van der Waals surface area contributed by atoms with E-state index >= 15 is 0 Å². The topological polar surface area (TPSA) is 69.6 Å². The summed E-state index contributed by atoms with van der Waals surface area (Å²) in [6, 6.07) is 0. The van der Waals surface area contributed by atoms with Crippen molar-refractivity contribution < 1.29 is 15.0 Å². The molecular formula is C11H21NO3. The van der Waals surface area contributed by atoms with Gasteiger partial charge in [0.05, 0.1) is 12.7 Å². The van der Waals surface area contributed by atoms with Gasteiger partial charge >= 0.3 is 0 Å². The quantitative estimate of drug-likeness (QED) is 0.631. The monoisotopic (exact) mass is 215 g/mol. The zero-order chi connectivity index (χ0) is 11.5. The summed E-state index contributed by atoms with van der Waals surface area (Å²) in [4.78, 5) is 11.8. The second kappa shape index (κ2) is 4.94. The first-order chi connectivity index (χ1) is 6.97. The average Bonchev–Trinajstić information content (AvgIpc) is 2.53. The van der Waals surface area contributed by atoms with Crippen LogP contribution in [0.1, 0.15) is 33.1 Å². The Hall–Kier alpha value is -0.610. The number of hydrogen-bond acceptors (Lipinski definition) is 3. The van der Waals surface area contributed by atoms with E-state index in [0.29, 0.717) is 0 Å². The fraction of sp³-hybridized carbons (Fsp3) is 0.909. The predicted octanol–water partition coefficient (Wildman–Crippen LogP) is 0.282. The normalized spacial score (nSPS) is 26.3. The van der Waals surface area contributed by atoms with Crippen molar-refractivity contribution in [2.75, 3.05) is 13.2 Å². The van der Waals surface area contributed by atoms with Crippen molar-refractivity contribution in [1.82, 2.24) is 5.32 Å². The Morgan fingerprint density at radius 2 is 2.27 bits per heavy atom. The second-order valence-electron chi connectivity index (χ2n) is 5.01. The van der Waals surface area contributed by atoms with Gasteiger partial charge in [0.25, 0.3) is 0 Å². The molecule has 4 nitrogen and oxygen atoms in total. The van der Waals surface area contributed by atoms with Gasteiger partial charge in [-0.3, -0.25) is 4.79 Å². The first-order valence-electron chi connectivity index (χ1n) is 5.54. The van der Waals surface area contributed by atoms with Crippen molar-refractivity contribution in [1.29, 1.82) is 0 Å². The molecular weight excluding hydrogens is 194 g/mol. The van der Waals surface area contributed by atoms with Crippen molar-refractivity contribution >= 4 is 5.91 Å². The summed E-state index contributed by atoms with van der Waals surface area (Å²) < 4.78 is 0. The Labute approximate surface area is 90.7 Å². The molecule has 0 bridgehead atoms. The zero-order valence-electron chi connectivity index (χ0n) is 9.49. The van der Waals surface area contributed by atoms with Crippen molar-refractivity contribution in [3.8, 4) is 0 Å². The Bertz CT molecular complexity index is 228. The number of hydrogen-bond donors (Lipinski definition) is 3. The first kappa shape index (κ1) is 12.5. The Morgan fingerprint density at radius 1 is 1.60 bits per heavy atom. The van der Waals surface area contributed by atoms with Crippen LogP contribution in [0, 0.1) is 11.3 Å². The van der Waals surface area contributed by atoms with Crippen LogP contribution in [0.4, 0.5) is 0 Å². The van der Waals surface area contributed by atoms with E-state index in [-0.39, 0.29) is 30.4 Å². The molecule has 15 heavy (non-hydrogen) atoms. The summed E-state index contributed by atoms with van der Waals surface area (Å²) in [6.45, 7) is 4.04. The van der Waals surface area contributed by atoms with Crippen molar-refractivity contribution in [3.05, 3.63) is 0 Å². The van der Waals surface area contributed by atoms with Crippen LogP contribution in [0.5, 0.6) is 0 Å². The third-order valence-electron chi connectivity index (χ3n) is 3.30. The van der Waals surface area contributed by atoms with Gasteiger partial charge in [0, 0.05) is 12.5 Å². The summed E-state index contributed by atoms with van der Waals surface area (Å²) in [6.07, 6.45) is 2.24. The van der Waals surface area contributed by atoms with E-state index in [1.807, 2.05) is 0 Å². The van der Waals surface area contributed by atoms with E-state index in [1.54, 1.807) is 0 Å². The Kier molecular flexibility index (Phi) is 4.11. The molecule has 1 amide bonds. The maximum atomic E-state index is 11.8. The van der Waals surface area contributed by atoms with Gasteiger partial charge in [-0.2, -0.15) is 0 Å². The van der Waals surface area contributed by atoms with Gasteiger partial charge in [-0.25, -0.2) is 0 Å². The molecule has 0 heterocycles. The third kappa shape index (κ3) is 3.18. The smallest absolute Gasteiger partial charge is 0.223 e. The number of aliphatic hydroxyl groups excluding tert-OH is 2. The van der Waals surface area contributed by atoms with Crippen LogP contribution in [0.2, 0.25) is 0 Å². The maximum Gasteiger partial charge on any atom is 0.223 e. The highest BCUT2D eigenvalue weighted by atomic mass is 16.3. The van der Waals surface area contributed by atoms with Crippen LogP contribution >= 0.6 is 0 Å². The van der Waals surface area contributed by atoms with Crippen LogP contribution in [-0.2, 0) is 4.79 Å². The molecule has 3 N–H and O–H groups in total. The number of nitrogens with one attached hydrogen (secondary N) is 1. The minimum atomic E-state index is -0.849. The highest BCUT2D eigenvalue weighted by Crippen LogP contribution is 2.42. The molecule has 0 aliphatic heterocycles. The Morgan fingerprint density at radius 3 is 2.73 bits per heavy atom.